The van der Waals surface area contributed by atoms with Gasteiger partial charge in [0.25, 0.3) is 0 Å². The van der Waals surface area contributed by atoms with Gasteiger partial charge in [-0.2, -0.15) is 0 Å². The highest BCUT2D eigenvalue weighted by Gasteiger charge is 2.18. The number of rotatable bonds is 4. The third kappa shape index (κ3) is 2.67. The number of aromatic nitrogens is 2. The molecule has 2 rings (SSSR count). The summed E-state index contributed by atoms with van der Waals surface area (Å²) in [6.45, 7) is 0. The number of hydrogen-bond acceptors (Lipinski definition) is 3. The Bertz CT molecular complexity index is 518. The fourth-order valence-electron chi connectivity index (χ4n) is 1.86. The van der Waals surface area contributed by atoms with Crippen molar-refractivity contribution in [3.05, 3.63) is 52.0 Å². The first-order valence-electron chi connectivity index (χ1n) is 5.49. The lowest BCUT2D eigenvalue weighted by atomic mass is 10.0. The number of nitrogens with two attached hydrogens (primary N) is 1. The molecular formula is C12H14Cl2N4. The van der Waals surface area contributed by atoms with Crippen LogP contribution >= 0.6 is 23.2 Å². The number of benzene rings is 1. The summed E-state index contributed by atoms with van der Waals surface area (Å²) in [4.78, 5) is 4.27. The van der Waals surface area contributed by atoms with Crippen LogP contribution < -0.4 is 11.3 Å². The van der Waals surface area contributed by atoms with E-state index >= 15 is 0 Å². The Balaban J connectivity index is 2.32. The maximum Gasteiger partial charge on any atom is 0.110 e. The van der Waals surface area contributed by atoms with Gasteiger partial charge in [-0.15, -0.1) is 0 Å². The van der Waals surface area contributed by atoms with Crippen LogP contribution in [0.5, 0.6) is 0 Å². The Labute approximate surface area is 116 Å². The number of imidazole rings is 1. The van der Waals surface area contributed by atoms with Crippen LogP contribution in [0.25, 0.3) is 0 Å². The van der Waals surface area contributed by atoms with Crippen molar-refractivity contribution in [2.24, 2.45) is 12.9 Å². The molecule has 0 spiro atoms. The van der Waals surface area contributed by atoms with Crippen LogP contribution in [0.4, 0.5) is 0 Å². The minimum atomic E-state index is -0.174. The lowest BCUT2D eigenvalue weighted by Gasteiger charge is -2.18. The van der Waals surface area contributed by atoms with Crippen molar-refractivity contribution < 1.29 is 0 Å². The summed E-state index contributed by atoms with van der Waals surface area (Å²) < 4.78 is 1.94. The van der Waals surface area contributed by atoms with Gasteiger partial charge in [-0.3, -0.25) is 11.3 Å². The second-order valence-electron chi connectivity index (χ2n) is 4.01. The zero-order valence-electron chi connectivity index (χ0n) is 9.90. The third-order valence-electron chi connectivity index (χ3n) is 2.86. The SMILES string of the molecule is Cn1ccnc1CC(NN)c1c(Cl)cccc1Cl. The standard InChI is InChI=1S/C12H14Cl2N4/c1-18-6-5-16-11(18)7-10(17-15)12-8(13)3-2-4-9(12)14/h2-6,10,17H,7,15H2,1H3. The number of nitrogens with zero attached hydrogens (tertiary/aromatic N) is 2. The minimum Gasteiger partial charge on any atom is -0.338 e. The number of nitrogens with one attached hydrogen (secondary N) is 1. The summed E-state index contributed by atoms with van der Waals surface area (Å²) in [6, 6.07) is 5.23. The molecule has 0 saturated heterocycles. The first-order chi connectivity index (χ1) is 8.63. The van der Waals surface area contributed by atoms with Gasteiger partial charge in [-0.1, -0.05) is 29.3 Å². The molecule has 1 unspecified atom stereocenters. The summed E-state index contributed by atoms with van der Waals surface area (Å²) in [5, 5.41) is 1.19. The monoisotopic (exact) mass is 284 g/mol. The molecule has 4 nitrogen and oxygen atoms in total. The Morgan fingerprint density at radius 2 is 2.06 bits per heavy atom. The Hall–Kier alpha value is -1.07. The highest BCUT2D eigenvalue weighted by Crippen LogP contribution is 2.31. The predicted octanol–water partition coefficient (Wildman–Crippen LogP) is 2.47. The molecule has 2 aromatic rings. The molecule has 0 amide bonds. The maximum absolute atomic E-state index is 6.18. The Kier molecular flexibility index (Phi) is 4.24. The Morgan fingerprint density at radius 1 is 1.39 bits per heavy atom. The lowest BCUT2D eigenvalue weighted by Crippen LogP contribution is -2.30. The highest BCUT2D eigenvalue weighted by atomic mass is 35.5. The van der Waals surface area contributed by atoms with Crippen LogP contribution in [0.2, 0.25) is 10.0 Å². The average molecular weight is 285 g/mol. The van der Waals surface area contributed by atoms with E-state index in [1.165, 1.54) is 0 Å². The van der Waals surface area contributed by atoms with Crippen LogP contribution in [0, 0.1) is 0 Å². The van der Waals surface area contributed by atoms with E-state index in [0.717, 1.165) is 11.4 Å². The van der Waals surface area contributed by atoms with Gasteiger partial charge in [0.05, 0.1) is 6.04 Å². The molecule has 6 heteroatoms. The highest BCUT2D eigenvalue weighted by molar-refractivity contribution is 6.36. The molecule has 0 aliphatic rings. The van der Waals surface area contributed by atoms with Crippen LogP contribution in [0.3, 0.4) is 0 Å². The molecule has 0 bridgehead atoms. The van der Waals surface area contributed by atoms with Gasteiger partial charge in [0.2, 0.25) is 0 Å². The van der Waals surface area contributed by atoms with Gasteiger partial charge in [0, 0.05) is 41.5 Å². The molecule has 0 radical (unpaired) electrons. The number of hydrazine groups is 1. The van der Waals surface area contributed by atoms with Crippen LogP contribution in [-0.4, -0.2) is 9.55 Å². The number of halogens is 2. The van der Waals surface area contributed by atoms with Gasteiger partial charge in [0.15, 0.2) is 0 Å². The predicted molar refractivity (Wildman–Crippen MR) is 73.4 cm³/mol. The van der Waals surface area contributed by atoms with E-state index < -0.39 is 0 Å². The molecule has 18 heavy (non-hydrogen) atoms. The van der Waals surface area contributed by atoms with E-state index in [-0.39, 0.29) is 6.04 Å². The molecule has 0 aliphatic carbocycles. The second-order valence-corrected chi connectivity index (χ2v) is 4.83. The van der Waals surface area contributed by atoms with Crippen molar-refractivity contribution in [3.8, 4) is 0 Å². The van der Waals surface area contributed by atoms with Gasteiger partial charge in [-0.05, 0) is 12.1 Å². The quantitative estimate of drug-likeness (QED) is 0.670. The normalized spacial score (nSPS) is 12.7. The van der Waals surface area contributed by atoms with Crippen molar-refractivity contribution in [1.82, 2.24) is 15.0 Å². The summed E-state index contributed by atoms with van der Waals surface area (Å²) >= 11 is 12.4. The smallest absolute Gasteiger partial charge is 0.110 e. The van der Waals surface area contributed by atoms with E-state index in [4.69, 9.17) is 29.0 Å². The molecular weight excluding hydrogens is 271 g/mol. The fourth-order valence-corrected chi connectivity index (χ4v) is 2.52. The van der Waals surface area contributed by atoms with Crippen molar-refractivity contribution in [1.29, 1.82) is 0 Å². The number of aryl methyl sites for hydroxylation is 1. The van der Waals surface area contributed by atoms with Crippen molar-refractivity contribution >= 4 is 23.2 Å². The first-order valence-corrected chi connectivity index (χ1v) is 6.25. The van der Waals surface area contributed by atoms with Gasteiger partial charge >= 0.3 is 0 Å². The maximum atomic E-state index is 6.18. The van der Waals surface area contributed by atoms with Crippen LogP contribution in [0.1, 0.15) is 17.4 Å². The summed E-state index contributed by atoms with van der Waals surface area (Å²) in [6.07, 6.45) is 4.25. The summed E-state index contributed by atoms with van der Waals surface area (Å²) in [7, 11) is 1.93. The topological polar surface area (TPSA) is 55.9 Å². The summed E-state index contributed by atoms with van der Waals surface area (Å²) in [5.74, 6) is 6.52. The average Bonchev–Trinajstić information content (AvgIpc) is 2.73. The van der Waals surface area contributed by atoms with Crippen molar-refractivity contribution in [3.63, 3.8) is 0 Å². The summed E-state index contributed by atoms with van der Waals surface area (Å²) in [5.41, 5.74) is 3.54. The first kappa shape index (κ1) is 13.4. The van der Waals surface area contributed by atoms with Crippen molar-refractivity contribution in [2.45, 2.75) is 12.5 Å². The zero-order valence-corrected chi connectivity index (χ0v) is 11.4. The molecule has 0 aliphatic heterocycles. The van der Waals surface area contributed by atoms with E-state index in [1.807, 2.05) is 23.9 Å². The molecule has 1 aromatic heterocycles. The second kappa shape index (κ2) is 5.71. The van der Waals surface area contributed by atoms with Crippen LogP contribution in [-0.2, 0) is 13.5 Å². The van der Waals surface area contributed by atoms with E-state index in [0.29, 0.717) is 16.5 Å². The molecule has 96 valence electrons. The van der Waals surface area contributed by atoms with E-state index in [9.17, 15) is 0 Å². The number of hydrogen-bond donors (Lipinski definition) is 2. The van der Waals surface area contributed by atoms with Crippen molar-refractivity contribution in [2.75, 3.05) is 0 Å². The fraction of sp³-hybridized carbons (Fsp3) is 0.250. The molecule has 1 aromatic carbocycles. The molecule has 3 N–H and O–H groups in total. The van der Waals surface area contributed by atoms with Gasteiger partial charge < -0.3 is 4.57 Å². The molecule has 1 atom stereocenters. The molecule has 0 fully saturated rings. The molecule has 0 saturated carbocycles. The Morgan fingerprint density at radius 3 is 2.56 bits per heavy atom. The molecule has 1 heterocycles. The minimum absolute atomic E-state index is 0.174. The zero-order chi connectivity index (χ0) is 13.1. The van der Waals surface area contributed by atoms with Crippen LogP contribution in [0.15, 0.2) is 30.6 Å². The van der Waals surface area contributed by atoms with Gasteiger partial charge in [-0.25, -0.2) is 4.98 Å². The van der Waals surface area contributed by atoms with E-state index in [2.05, 4.69) is 10.4 Å². The lowest BCUT2D eigenvalue weighted by molar-refractivity contribution is 0.530. The largest absolute Gasteiger partial charge is 0.338 e. The van der Waals surface area contributed by atoms with E-state index in [1.54, 1.807) is 18.3 Å². The van der Waals surface area contributed by atoms with Gasteiger partial charge in [0.1, 0.15) is 5.82 Å². The third-order valence-corrected chi connectivity index (χ3v) is 3.52.